The number of hydrogen-bond donors (Lipinski definition) is 0. The third-order valence-corrected chi connectivity index (χ3v) is 5.01. The second kappa shape index (κ2) is 10.8. The van der Waals surface area contributed by atoms with Gasteiger partial charge < -0.3 is 18.8 Å². The fourth-order valence-corrected chi connectivity index (χ4v) is 3.38. The first-order valence-corrected chi connectivity index (χ1v) is 10.4. The summed E-state index contributed by atoms with van der Waals surface area (Å²) in [6.07, 6.45) is -2.06. The summed E-state index contributed by atoms with van der Waals surface area (Å²) in [5.74, 6) is -2.32. The van der Waals surface area contributed by atoms with Crippen LogP contribution in [0.4, 0.5) is 0 Å². The number of aromatic nitrogens is 2. The number of rotatable bonds is 9. The number of fused-ring (bicyclic) bond motifs is 1. The van der Waals surface area contributed by atoms with Crippen LogP contribution in [0.15, 0.2) is 16.9 Å². The van der Waals surface area contributed by atoms with E-state index in [1.54, 1.807) is 12.1 Å². The summed E-state index contributed by atoms with van der Waals surface area (Å²) in [5.41, 5.74) is 1.77. The summed E-state index contributed by atoms with van der Waals surface area (Å²) in [4.78, 5) is 64.1. The summed E-state index contributed by atoms with van der Waals surface area (Å²) in [5, 5.41) is 0. The van der Waals surface area contributed by atoms with Gasteiger partial charge >= 0.3 is 17.9 Å². The summed E-state index contributed by atoms with van der Waals surface area (Å²) in [6, 6.07) is 3.52. The highest BCUT2D eigenvalue weighted by Gasteiger charge is 2.30. The molecule has 0 fully saturated rings. The molecule has 0 amide bonds. The van der Waals surface area contributed by atoms with Crippen LogP contribution in [-0.4, -0.2) is 52.1 Å². The van der Waals surface area contributed by atoms with Crippen molar-refractivity contribution in [1.82, 2.24) is 9.55 Å². The van der Waals surface area contributed by atoms with Crippen LogP contribution in [-0.2, 0) is 35.1 Å². The van der Waals surface area contributed by atoms with Crippen LogP contribution in [0.3, 0.4) is 0 Å². The molecule has 10 nitrogen and oxygen atoms in total. The van der Waals surface area contributed by atoms with Gasteiger partial charge in [0.1, 0.15) is 6.10 Å². The lowest BCUT2D eigenvalue weighted by molar-refractivity contribution is -0.168. The molecule has 10 heteroatoms. The van der Waals surface area contributed by atoms with Crippen molar-refractivity contribution in [2.75, 3.05) is 6.61 Å². The Morgan fingerprint density at radius 2 is 1.48 bits per heavy atom. The highest BCUT2D eigenvalue weighted by Crippen LogP contribution is 2.20. The van der Waals surface area contributed by atoms with E-state index in [-0.39, 0.29) is 25.3 Å². The quantitative estimate of drug-likeness (QED) is 0.313. The first kappa shape index (κ1) is 25.7. The van der Waals surface area contributed by atoms with E-state index in [0.717, 1.165) is 11.1 Å². The average molecular weight is 460 g/mol. The lowest BCUT2D eigenvalue weighted by atomic mass is 10.1. The maximum Gasteiger partial charge on any atom is 0.303 e. The van der Waals surface area contributed by atoms with Gasteiger partial charge in [-0.3, -0.25) is 24.0 Å². The van der Waals surface area contributed by atoms with Gasteiger partial charge in [-0.25, -0.2) is 4.98 Å². The molecule has 0 unspecified atom stereocenters. The predicted molar refractivity (Wildman–Crippen MR) is 118 cm³/mol. The highest BCUT2D eigenvalue weighted by atomic mass is 16.6. The van der Waals surface area contributed by atoms with Crippen molar-refractivity contribution in [3.8, 4) is 0 Å². The Morgan fingerprint density at radius 1 is 0.909 bits per heavy atom. The Balaban J connectivity index is 2.62. The predicted octanol–water partition coefficient (Wildman–Crippen LogP) is 2.03. The minimum atomic E-state index is -1.09. The molecule has 0 aliphatic carbocycles. The van der Waals surface area contributed by atoms with E-state index in [1.165, 1.54) is 32.3 Å². The molecule has 2 atom stereocenters. The lowest BCUT2D eigenvalue weighted by Crippen LogP contribution is -2.41. The van der Waals surface area contributed by atoms with Crippen molar-refractivity contribution in [2.45, 2.75) is 66.7 Å². The molecule has 0 aliphatic rings. The van der Waals surface area contributed by atoms with E-state index in [1.807, 2.05) is 13.8 Å². The molecule has 178 valence electrons. The fourth-order valence-electron chi connectivity index (χ4n) is 3.38. The van der Waals surface area contributed by atoms with Crippen molar-refractivity contribution in [1.29, 1.82) is 0 Å². The monoisotopic (exact) mass is 460 g/mol. The normalized spacial score (nSPS) is 12.7. The molecular weight excluding hydrogens is 432 g/mol. The number of Topliss-reactive ketones (excluding diaryl/α,β-unsaturated/α-hetero) is 1. The third-order valence-electron chi connectivity index (χ3n) is 5.01. The van der Waals surface area contributed by atoms with Gasteiger partial charge in [0.2, 0.25) is 0 Å². The second-order valence-electron chi connectivity index (χ2n) is 7.78. The van der Waals surface area contributed by atoms with Crippen LogP contribution >= 0.6 is 0 Å². The van der Waals surface area contributed by atoms with Crippen molar-refractivity contribution in [2.24, 2.45) is 0 Å². The molecule has 0 aliphatic heterocycles. The molecule has 1 aromatic heterocycles. The van der Waals surface area contributed by atoms with Crippen LogP contribution in [0.5, 0.6) is 0 Å². The maximum absolute atomic E-state index is 13.2. The number of carbonyl (C=O) groups is 4. The lowest BCUT2D eigenvalue weighted by Gasteiger charge is -2.27. The number of nitrogens with zero attached hydrogens (tertiary/aromatic N) is 2. The molecule has 0 radical (unpaired) electrons. The first-order valence-electron chi connectivity index (χ1n) is 10.4. The Bertz CT molecular complexity index is 1150. The van der Waals surface area contributed by atoms with E-state index in [2.05, 4.69) is 4.98 Å². The smallest absolute Gasteiger partial charge is 0.303 e. The number of esters is 3. The summed E-state index contributed by atoms with van der Waals surface area (Å²) in [6.45, 7) is 8.31. The Hall–Kier alpha value is -3.56. The third kappa shape index (κ3) is 6.71. The minimum absolute atomic E-state index is 0.0343. The first-order chi connectivity index (χ1) is 15.4. The Morgan fingerprint density at radius 3 is 2.03 bits per heavy atom. The standard InChI is InChI=1S/C23H28N2O8/c1-12-9-18-19(10-13(12)2)25(23(30)22(24-18)14(3)26)11-21(33-17(6)29)20(32-16(5)28)7-8-31-15(4)27/h9-10,20-21H,7-8,11H2,1-6H3/t20-,21+/m1/s1. The molecule has 1 heterocycles. The zero-order chi connectivity index (χ0) is 24.9. The van der Waals surface area contributed by atoms with Gasteiger partial charge in [-0.15, -0.1) is 0 Å². The summed E-state index contributed by atoms with van der Waals surface area (Å²) in [7, 11) is 0. The van der Waals surface area contributed by atoms with Gasteiger partial charge in [-0.2, -0.15) is 0 Å². The molecule has 2 rings (SSSR count). The summed E-state index contributed by atoms with van der Waals surface area (Å²) < 4.78 is 17.0. The van der Waals surface area contributed by atoms with Gasteiger partial charge in [0, 0.05) is 34.1 Å². The van der Waals surface area contributed by atoms with Crippen molar-refractivity contribution in [3.05, 3.63) is 39.3 Å². The zero-order valence-corrected chi connectivity index (χ0v) is 19.6. The number of carbonyl (C=O) groups excluding carboxylic acids is 4. The van der Waals surface area contributed by atoms with Crippen LogP contribution in [0.2, 0.25) is 0 Å². The van der Waals surface area contributed by atoms with Gasteiger partial charge in [0.25, 0.3) is 5.56 Å². The van der Waals surface area contributed by atoms with E-state index < -0.39 is 41.5 Å². The molecular formula is C23H28N2O8. The van der Waals surface area contributed by atoms with Crippen molar-refractivity contribution >= 4 is 34.7 Å². The molecule has 0 saturated carbocycles. The van der Waals surface area contributed by atoms with Crippen LogP contribution in [0.25, 0.3) is 11.0 Å². The van der Waals surface area contributed by atoms with Gasteiger partial charge in [-0.05, 0) is 37.1 Å². The van der Waals surface area contributed by atoms with Crippen molar-refractivity contribution in [3.63, 3.8) is 0 Å². The minimum Gasteiger partial charge on any atom is -0.466 e. The fraction of sp³-hybridized carbons (Fsp3) is 0.478. The molecule has 0 spiro atoms. The van der Waals surface area contributed by atoms with Crippen molar-refractivity contribution < 1.29 is 33.4 Å². The number of ether oxygens (including phenoxy) is 3. The van der Waals surface area contributed by atoms with Gasteiger partial charge in [0.05, 0.1) is 24.2 Å². The molecule has 0 N–H and O–H groups in total. The molecule has 0 saturated heterocycles. The average Bonchev–Trinajstić information content (AvgIpc) is 2.68. The molecule has 2 aromatic rings. The van der Waals surface area contributed by atoms with E-state index >= 15 is 0 Å². The second-order valence-corrected chi connectivity index (χ2v) is 7.78. The molecule has 0 bridgehead atoms. The van der Waals surface area contributed by atoms with Crippen LogP contribution < -0.4 is 5.56 Å². The SMILES string of the molecule is CC(=O)OCC[C@@H](OC(C)=O)[C@H](Cn1c(=O)c(C(C)=O)nc2cc(C)c(C)cc21)OC(C)=O. The number of benzene rings is 1. The summed E-state index contributed by atoms with van der Waals surface area (Å²) >= 11 is 0. The number of ketones is 1. The Labute approximate surface area is 190 Å². The number of aryl methyl sites for hydroxylation is 2. The largest absolute Gasteiger partial charge is 0.466 e. The van der Waals surface area contributed by atoms with E-state index in [0.29, 0.717) is 11.0 Å². The maximum atomic E-state index is 13.2. The van der Waals surface area contributed by atoms with E-state index in [9.17, 15) is 24.0 Å². The van der Waals surface area contributed by atoms with Crippen LogP contribution in [0.1, 0.15) is 55.7 Å². The molecule has 33 heavy (non-hydrogen) atoms. The van der Waals surface area contributed by atoms with E-state index in [4.69, 9.17) is 14.2 Å². The van der Waals surface area contributed by atoms with Gasteiger partial charge in [-0.1, -0.05) is 0 Å². The highest BCUT2D eigenvalue weighted by molar-refractivity contribution is 5.93. The van der Waals surface area contributed by atoms with Gasteiger partial charge in [0.15, 0.2) is 17.6 Å². The van der Waals surface area contributed by atoms with Crippen LogP contribution in [0, 0.1) is 13.8 Å². The molecule has 1 aromatic carbocycles. The number of hydrogen-bond acceptors (Lipinski definition) is 9. The Kier molecular flexibility index (Phi) is 8.44. The topological polar surface area (TPSA) is 131 Å². The zero-order valence-electron chi connectivity index (χ0n) is 19.6.